The molecule has 2 heterocycles. The summed E-state index contributed by atoms with van der Waals surface area (Å²) in [6.07, 6.45) is 3.59. The molecule has 0 unspecified atom stereocenters. The Balaban J connectivity index is 1.69. The molecule has 3 rings (SSSR count). The number of guanidine groups is 1. The van der Waals surface area contributed by atoms with Crippen LogP contribution in [0.2, 0.25) is 0 Å². The zero-order valence-corrected chi connectivity index (χ0v) is 17.1. The van der Waals surface area contributed by atoms with E-state index in [9.17, 15) is 4.79 Å². The third-order valence-electron chi connectivity index (χ3n) is 4.70. The number of hydrogen-bond acceptors (Lipinski definition) is 4. The monoisotopic (exact) mass is 383 g/mol. The topological polar surface area (TPSA) is 69.0 Å². The lowest BCUT2D eigenvalue weighted by Crippen LogP contribution is -2.55. The average Bonchev–Trinajstić information content (AvgIpc) is 3.11. The number of anilines is 2. The first-order chi connectivity index (χ1) is 13.5. The van der Waals surface area contributed by atoms with Gasteiger partial charge in [0.1, 0.15) is 6.54 Å². The fourth-order valence-electron chi connectivity index (χ4n) is 3.20. The van der Waals surface area contributed by atoms with E-state index < -0.39 is 0 Å². The first kappa shape index (κ1) is 19.7. The summed E-state index contributed by atoms with van der Waals surface area (Å²) in [5.74, 6) is 0.830. The second-order valence-electron chi connectivity index (χ2n) is 7.07. The molecule has 0 radical (unpaired) electrons. The molecule has 0 atom stereocenters. The Bertz CT molecular complexity index is 843. The van der Waals surface area contributed by atoms with Crippen molar-refractivity contribution in [3.05, 3.63) is 42.2 Å². The van der Waals surface area contributed by atoms with Gasteiger partial charge in [0.05, 0.1) is 18.4 Å². The zero-order chi connectivity index (χ0) is 20.1. The lowest BCUT2D eigenvalue weighted by Gasteiger charge is -2.35. The van der Waals surface area contributed by atoms with Gasteiger partial charge in [-0.05, 0) is 24.6 Å². The molecule has 8 heteroatoms. The van der Waals surface area contributed by atoms with Crippen LogP contribution in [0.15, 0.2) is 41.7 Å². The molecular formula is C20H29N7O. The van der Waals surface area contributed by atoms with Crippen LogP contribution in [0.3, 0.4) is 0 Å². The van der Waals surface area contributed by atoms with E-state index in [-0.39, 0.29) is 5.91 Å². The van der Waals surface area contributed by atoms with Crippen LogP contribution in [0, 0.1) is 0 Å². The van der Waals surface area contributed by atoms with Gasteiger partial charge in [-0.2, -0.15) is 5.10 Å². The van der Waals surface area contributed by atoms with Crippen molar-refractivity contribution in [2.75, 3.05) is 50.1 Å². The molecule has 1 aromatic carbocycles. The normalized spacial score (nSPS) is 15.1. The van der Waals surface area contributed by atoms with Crippen molar-refractivity contribution in [3.8, 4) is 0 Å². The highest BCUT2D eigenvalue weighted by molar-refractivity contribution is 5.98. The minimum Gasteiger partial charge on any atom is -0.378 e. The van der Waals surface area contributed by atoms with Crippen molar-refractivity contribution in [2.24, 2.45) is 12.0 Å². The molecular weight excluding hydrogens is 354 g/mol. The highest BCUT2D eigenvalue weighted by Gasteiger charge is 2.27. The third-order valence-corrected chi connectivity index (χ3v) is 4.70. The minimum atomic E-state index is 0.0551. The molecule has 1 aliphatic heterocycles. The number of amides is 1. The van der Waals surface area contributed by atoms with Gasteiger partial charge < -0.3 is 20.0 Å². The quantitative estimate of drug-likeness (QED) is 0.623. The number of rotatable bonds is 5. The van der Waals surface area contributed by atoms with Crippen LogP contribution in [-0.2, 0) is 18.4 Å². The van der Waals surface area contributed by atoms with Gasteiger partial charge in [0, 0.05) is 52.7 Å². The maximum Gasteiger partial charge on any atom is 0.246 e. The Morgan fingerprint density at radius 2 is 2.14 bits per heavy atom. The van der Waals surface area contributed by atoms with Gasteiger partial charge in [0.2, 0.25) is 5.91 Å². The van der Waals surface area contributed by atoms with Crippen LogP contribution in [-0.4, -0.2) is 66.8 Å². The van der Waals surface area contributed by atoms with Crippen molar-refractivity contribution in [3.63, 3.8) is 0 Å². The summed E-state index contributed by atoms with van der Waals surface area (Å²) < 4.78 is 1.71. The molecule has 1 fully saturated rings. The fraction of sp³-hybridized carbons (Fsp3) is 0.450. The second-order valence-corrected chi connectivity index (χ2v) is 7.07. The molecule has 8 nitrogen and oxygen atoms in total. The van der Waals surface area contributed by atoms with Crippen LogP contribution in [0.5, 0.6) is 0 Å². The molecule has 1 aliphatic rings. The number of aromatic nitrogens is 2. The van der Waals surface area contributed by atoms with Gasteiger partial charge in [-0.3, -0.25) is 9.48 Å². The summed E-state index contributed by atoms with van der Waals surface area (Å²) in [5.41, 5.74) is 3.13. The van der Waals surface area contributed by atoms with Crippen molar-refractivity contribution in [1.29, 1.82) is 0 Å². The zero-order valence-electron chi connectivity index (χ0n) is 17.1. The molecule has 0 bridgehead atoms. The molecule has 1 amide bonds. The fourth-order valence-corrected chi connectivity index (χ4v) is 3.20. The van der Waals surface area contributed by atoms with E-state index in [4.69, 9.17) is 4.99 Å². The second kappa shape index (κ2) is 8.77. The minimum absolute atomic E-state index is 0.0551. The van der Waals surface area contributed by atoms with Gasteiger partial charge >= 0.3 is 0 Å². The van der Waals surface area contributed by atoms with Crippen LogP contribution in [0.25, 0.3) is 0 Å². The van der Waals surface area contributed by atoms with E-state index in [0.29, 0.717) is 19.6 Å². The van der Waals surface area contributed by atoms with Crippen LogP contribution in [0.4, 0.5) is 11.4 Å². The number of nitrogens with one attached hydrogen (secondary N) is 1. The maximum absolute atomic E-state index is 12.7. The van der Waals surface area contributed by atoms with E-state index in [2.05, 4.69) is 33.5 Å². The largest absolute Gasteiger partial charge is 0.378 e. The molecule has 1 saturated heterocycles. The summed E-state index contributed by atoms with van der Waals surface area (Å²) in [6.45, 7) is 5.01. The number of nitrogens with zero attached hydrogens (tertiary/aromatic N) is 6. The summed E-state index contributed by atoms with van der Waals surface area (Å²) in [5, 5.41) is 7.48. The SMILES string of the molecule is CCNC(=NCc1cccc(N(C)C)c1)N1CCN(c2cnn(C)c2)C(=O)C1. The summed E-state index contributed by atoms with van der Waals surface area (Å²) >= 11 is 0. The first-order valence-electron chi connectivity index (χ1n) is 9.56. The van der Waals surface area contributed by atoms with Gasteiger partial charge in [-0.15, -0.1) is 0 Å². The van der Waals surface area contributed by atoms with Gasteiger partial charge in [-0.1, -0.05) is 12.1 Å². The summed E-state index contributed by atoms with van der Waals surface area (Å²) in [4.78, 5) is 23.3. The smallest absolute Gasteiger partial charge is 0.246 e. The van der Waals surface area contributed by atoms with E-state index in [1.807, 2.05) is 45.2 Å². The number of carbonyl (C=O) groups is 1. The number of hydrogen-bond donors (Lipinski definition) is 1. The van der Waals surface area contributed by atoms with Crippen LogP contribution < -0.4 is 15.1 Å². The summed E-state index contributed by atoms with van der Waals surface area (Å²) in [6, 6.07) is 8.34. The van der Waals surface area contributed by atoms with E-state index in [1.54, 1.807) is 15.8 Å². The van der Waals surface area contributed by atoms with Crippen molar-refractivity contribution < 1.29 is 4.79 Å². The molecule has 1 aromatic heterocycles. The first-order valence-corrected chi connectivity index (χ1v) is 9.56. The Hall–Kier alpha value is -3.03. The third kappa shape index (κ3) is 4.62. The van der Waals surface area contributed by atoms with Gasteiger partial charge in [0.15, 0.2) is 5.96 Å². The predicted molar refractivity (Wildman–Crippen MR) is 113 cm³/mol. The Morgan fingerprint density at radius 1 is 1.32 bits per heavy atom. The maximum atomic E-state index is 12.7. The molecule has 2 aromatic rings. The van der Waals surface area contributed by atoms with Gasteiger partial charge in [-0.25, -0.2) is 4.99 Å². The highest BCUT2D eigenvalue weighted by Crippen LogP contribution is 2.17. The van der Waals surface area contributed by atoms with Gasteiger partial charge in [0.25, 0.3) is 0 Å². The number of aryl methyl sites for hydroxylation is 1. The molecule has 28 heavy (non-hydrogen) atoms. The Labute approximate surface area is 166 Å². The van der Waals surface area contributed by atoms with Crippen molar-refractivity contribution >= 4 is 23.2 Å². The number of carbonyl (C=O) groups excluding carboxylic acids is 1. The lowest BCUT2D eigenvalue weighted by molar-refractivity contribution is -0.120. The number of piperazine rings is 1. The molecule has 1 N–H and O–H groups in total. The van der Waals surface area contributed by atoms with E-state index >= 15 is 0 Å². The van der Waals surface area contributed by atoms with Crippen LogP contribution in [0.1, 0.15) is 12.5 Å². The van der Waals surface area contributed by atoms with Crippen LogP contribution >= 0.6 is 0 Å². The molecule has 150 valence electrons. The Kier molecular flexibility index (Phi) is 6.18. The van der Waals surface area contributed by atoms with E-state index in [0.717, 1.165) is 36.0 Å². The predicted octanol–water partition coefficient (Wildman–Crippen LogP) is 1.30. The molecule has 0 spiro atoms. The molecule has 0 saturated carbocycles. The lowest BCUT2D eigenvalue weighted by atomic mass is 10.2. The average molecular weight is 384 g/mol. The molecule has 0 aliphatic carbocycles. The van der Waals surface area contributed by atoms with Crippen molar-refractivity contribution in [2.45, 2.75) is 13.5 Å². The van der Waals surface area contributed by atoms with Crippen molar-refractivity contribution in [1.82, 2.24) is 20.0 Å². The number of benzene rings is 1. The number of aliphatic imine (C=N–C) groups is 1. The van der Waals surface area contributed by atoms with E-state index in [1.165, 1.54) is 0 Å². The highest BCUT2D eigenvalue weighted by atomic mass is 16.2. The Morgan fingerprint density at radius 3 is 2.79 bits per heavy atom. The summed E-state index contributed by atoms with van der Waals surface area (Å²) in [7, 11) is 5.91. The standard InChI is InChI=1S/C20H29N7O/c1-5-21-20(22-12-16-7-6-8-17(11-16)24(2)3)26-9-10-27(19(28)15-26)18-13-23-25(4)14-18/h6-8,11,13-14H,5,9-10,12,15H2,1-4H3,(H,21,22).